The minimum atomic E-state index is -1.55. The lowest BCUT2D eigenvalue weighted by Crippen LogP contribution is -2.60. The van der Waals surface area contributed by atoms with E-state index >= 15 is 0 Å². The average Bonchev–Trinajstić information content (AvgIpc) is 3.13. The van der Waals surface area contributed by atoms with Crippen LogP contribution in [-0.4, -0.2) is 87.5 Å². The number of allylic oxidation sites excluding steroid dienone is 6. The Hall–Kier alpha value is -1.59. The molecule has 0 bridgehead atoms. The third kappa shape index (κ3) is 24.4. The molecular weight excluding hydrogens is 646 g/mol. The van der Waals surface area contributed by atoms with E-state index in [2.05, 4.69) is 55.6 Å². The van der Waals surface area contributed by atoms with Gasteiger partial charge in [0, 0.05) is 6.42 Å². The number of rotatable bonds is 33. The maximum atomic E-state index is 12.8. The largest absolute Gasteiger partial charge is 0.394 e. The third-order valence-corrected chi connectivity index (χ3v) is 9.75. The molecule has 0 aromatic rings. The second-order valence-corrected chi connectivity index (χ2v) is 14.4. The standard InChI is InChI=1S/C42H77NO8/c1-3-5-7-9-10-11-12-13-14-15-16-17-18-19-20-21-22-23-24-25-26-28-30-32-38(46)43-35(36(45)31-29-27-8-6-4-2)34-50-42-41(49)40(48)39(47)37(33-44)51-42/h12-13,15-16,18-19,35-37,39-42,44-45,47-49H,3-11,14,17,20-34H2,1-2H3,(H,43,46)/b13-12-,16-15-,19-18-. The number of nitrogens with one attached hydrogen (secondary N) is 1. The van der Waals surface area contributed by atoms with E-state index in [1.54, 1.807) is 0 Å². The molecule has 9 heteroatoms. The lowest BCUT2D eigenvalue weighted by atomic mass is 9.99. The summed E-state index contributed by atoms with van der Waals surface area (Å²) < 4.78 is 11.1. The highest BCUT2D eigenvalue weighted by Crippen LogP contribution is 2.23. The van der Waals surface area contributed by atoms with Crippen LogP contribution in [0.15, 0.2) is 36.5 Å². The molecule has 0 saturated carbocycles. The molecular formula is C42H77NO8. The zero-order chi connectivity index (χ0) is 37.4. The molecule has 7 atom stereocenters. The Labute approximate surface area is 311 Å². The molecule has 298 valence electrons. The van der Waals surface area contributed by atoms with E-state index in [1.165, 1.54) is 70.6 Å². The summed E-state index contributed by atoms with van der Waals surface area (Å²) in [5.41, 5.74) is 0. The second-order valence-electron chi connectivity index (χ2n) is 14.4. The molecule has 1 saturated heterocycles. The molecule has 1 heterocycles. The highest BCUT2D eigenvalue weighted by molar-refractivity contribution is 5.76. The molecule has 1 aliphatic heterocycles. The predicted molar refractivity (Wildman–Crippen MR) is 207 cm³/mol. The summed E-state index contributed by atoms with van der Waals surface area (Å²) >= 11 is 0. The van der Waals surface area contributed by atoms with Crippen molar-refractivity contribution in [3.8, 4) is 0 Å². The van der Waals surface area contributed by atoms with Gasteiger partial charge in [0.2, 0.25) is 5.91 Å². The SMILES string of the molecule is CCCCCCC/C=C\C/C=C\C/C=C\CCCCCCCCCCC(=O)NC(COC1OC(CO)C(O)C(O)C1O)C(O)CCCCCCC. The van der Waals surface area contributed by atoms with Crippen molar-refractivity contribution >= 4 is 5.91 Å². The van der Waals surface area contributed by atoms with Crippen molar-refractivity contribution in [1.82, 2.24) is 5.32 Å². The first-order chi connectivity index (χ1) is 24.8. The molecule has 0 spiro atoms. The van der Waals surface area contributed by atoms with Gasteiger partial charge in [0.15, 0.2) is 6.29 Å². The van der Waals surface area contributed by atoms with E-state index in [0.29, 0.717) is 12.8 Å². The maximum absolute atomic E-state index is 12.8. The molecule has 51 heavy (non-hydrogen) atoms. The topological polar surface area (TPSA) is 149 Å². The molecule has 1 rings (SSSR count). The summed E-state index contributed by atoms with van der Waals surface area (Å²) in [6.45, 7) is 3.70. The van der Waals surface area contributed by atoms with Crippen molar-refractivity contribution in [2.75, 3.05) is 13.2 Å². The number of amides is 1. The van der Waals surface area contributed by atoms with Crippen molar-refractivity contribution in [2.24, 2.45) is 0 Å². The zero-order valence-electron chi connectivity index (χ0n) is 32.4. The lowest BCUT2D eigenvalue weighted by Gasteiger charge is -2.40. The van der Waals surface area contributed by atoms with Gasteiger partial charge in [-0.25, -0.2) is 0 Å². The van der Waals surface area contributed by atoms with Crippen molar-refractivity contribution in [1.29, 1.82) is 0 Å². The van der Waals surface area contributed by atoms with Gasteiger partial charge in [0.25, 0.3) is 0 Å². The Morgan fingerprint density at radius 2 is 1.16 bits per heavy atom. The Balaban J connectivity index is 2.21. The summed E-state index contributed by atoms with van der Waals surface area (Å²) in [6.07, 6.45) is 32.0. The monoisotopic (exact) mass is 724 g/mol. The van der Waals surface area contributed by atoms with Gasteiger partial charge in [0.05, 0.1) is 25.4 Å². The van der Waals surface area contributed by atoms with E-state index in [1.807, 2.05) is 0 Å². The van der Waals surface area contributed by atoms with Crippen molar-refractivity contribution in [3.05, 3.63) is 36.5 Å². The third-order valence-electron chi connectivity index (χ3n) is 9.75. The van der Waals surface area contributed by atoms with Gasteiger partial charge >= 0.3 is 0 Å². The van der Waals surface area contributed by atoms with Crippen LogP contribution in [0.25, 0.3) is 0 Å². The number of aliphatic hydroxyl groups excluding tert-OH is 5. The Kier molecular flexibility index (Phi) is 30.7. The normalized spacial score (nSPS) is 22.4. The highest BCUT2D eigenvalue weighted by atomic mass is 16.7. The van der Waals surface area contributed by atoms with E-state index in [0.717, 1.165) is 70.6 Å². The Morgan fingerprint density at radius 1 is 0.667 bits per heavy atom. The van der Waals surface area contributed by atoms with Crippen LogP contribution in [0, 0.1) is 0 Å². The van der Waals surface area contributed by atoms with Gasteiger partial charge in [0.1, 0.15) is 24.4 Å². The number of hydrogen-bond acceptors (Lipinski definition) is 8. The first kappa shape index (κ1) is 47.4. The second kappa shape index (κ2) is 33.0. The summed E-state index contributed by atoms with van der Waals surface area (Å²) in [5.74, 6) is -0.161. The zero-order valence-corrected chi connectivity index (χ0v) is 32.4. The van der Waals surface area contributed by atoms with E-state index < -0.39 is 49.5 Å². The van der Waals surface area contributed by atoms with Crippen molar-refractivity contribution in [2.45, 2.75) is 211 Å². The highest BCUT2D eigenvalue weighted by Gasteiger charge is 2.44. The smallest absolute Gasteiger partial charge is 0.220 e. The van der Waals surface area contributed by atoms with Crippen LogP contribution in [0.4, 0.5) is 0 Å². The number of ether oxygens (including phenoxy) is 2. The molecule has 1 amide bonds. The number of hydrogen-bond donors (Lipinski definition) is 6. The molecule has 9 nitrogen and oxygen atoms in total. The van der Waals surface area contributed by atoms with Crippen LogP contribution in [0.3, 0.4) is 0 Å². The quantitative estimate of drug-likeness (QED) is 0.0298. The molecule has 0 aromatic heterocycles. The van der Waals surface area contributed by atoms with Crippen LogP contribution in [-0.2, 0) is 14.3 Å². The van der Waals surface area contributed by atoms with Gasteiger partial charge in [-0.3, -0.25) is 4.79 Å². The van der Waals surface area contributed by atoms with Crippen LogP contribution in [0.5, 0.6) is 0 Å². The lowest BCUT2D eigenvalue weighted by molar-refractivity contribution is -0.302. The number of unbranched alkanes of at least 4 members (excludes halogenated alkanes) is 17. The molecule has 1 aliphatic rings. The fourth-order valence-corrected chi connectivity index (χ4v) is 6.34. The van der Waals surface area contributed by atoms with Gasteiger partial charge < -0.3 is 40.3 Å². The minimum Gasteiger partial charge on any atom is -0.394 e. The Bertz CT molecular complexity index is 894. The molecule has 1 fully saturated rings. The van der Waals surface area contributed by atoms with Crippen LogP contribution < -0.4 is 5.32 Å². The van der Waals surface area contributed by atoms with Crippen LogP contribution >= 0.6 is 0 Å². The van der Waals surface area contributed by atoms with Crippen LogP contribution in [0.1, 0.15) is 168 Å². The molecule has 0 aliphatic carbocycles. The van der Waals surface area contributed by atoms with Gasteiger partial charge in [-0.05, 0) is 51.4 Å². The minimum absolute atomic E-state index is 0.144. The number of carbonyl (C=O) groups is 1. The summed E-state index contributed by atoms with van der Waals surface area (Å²) in [4.78, 5) is 12.8. The van der Waals surface area contributed by atoms with Gasteiger partial charge in [-0.1, -0.05) is 147 Å². The average molecular weight is 724 g/mol. The van der Waals surface area contributed by atoms with Crippen molar-refractivity contribution in [3.63, 3.8) is 0 Å². The number of carbonyl (C=O) groups excluding carboxylic acids is 1. The van der Waals surface area contributed by atoms with E-state index in [-0.39, 0.29) is 12.5 Å². The number of aliphatic hydroxyl groups is 5. The first-order valence-electron chi connectivity index (χ1n) is 20.7. The summed E-state index contributed by atoms with van der Waals surface area (Å²) in [7, 11) is 0. The molecule has 0 radical (unpaired) electrons. The van der Waals surface area contributed by atoms with Crippen molar-refractivity contribution < 1.29 is 39.8 Å². The first-order valence-corrected chi connectivity index (χ1v) is 20.7. The van der Waals surface area contributed by atoms with E-state index in [4.69, 9.17) is 9.47 Å². The van der Waals surface area contributed by atoms with E-state index in [9.17, 15) is 30.3 Å². The molecule has 7 unspecified atom stereocenters. The fourth-order valence-electron chi connectivity index (χ4n) is 6.34. The molecule has 6 N–H and O–H groups in total. The summed E-state index contributed by atoms with van der Waals surface area (Å²) in [6, 6.07) is -0.718. The van der Waals surface area contributed by atoms with Crippen LogP contribution in [0.2, 0.25) is 0 Å². The maximum Gasteiger partial charge on any atom is 0.220 e. The van der Waals surface area contributed by atoms with Gasteiger partial charge in [-0.15, -0.1) is 0 Å². The summed E-state index contributed by atoms with van der Waals surface area (Å²) in [5, 5.41) is 53.7. The predicted octanol–water partition coefficient (Wildman–Crippen LogP) is 7.72. The van der Waals surface area contributed by atoms with Gasteiger partial charge in [-0.2, -0.15) is 0 Å². The fraction of sp³-hybridized carbons (Fsp3) is 0.833. The Morgan fingerprint density at radius 3 is 1.71 bits per heavy atom. The molecule has 0 aromatic carbocycles.